The Balaban J connectivity index is 2.67. The number of carbonyl (C=O) groups is 1. The molecule has 3 nitrogen and oxygen atoms in total. The molecular formula is C5H7ClN2OS. The number of rotatable bonds is 1. The van der Waals surface area contributed by atoms with Crippen LogP contribution in [0.15, 0.2) is 12.3 Å². The molecular weight excluding hydrogens is 172 g/mol. The molecule has 1 unspecified atom stereocenters. The zero-order valence-electron chi connectivity index (χ0n) is 5.35. The summed E-state index contributed by atoms with van der Waals surface area (Å²) >= 11 is 7.15. The van der Waals surface area contributed by atoms with Gasteiger partial charge in [-0.25, -0.2) is 0 Å². The quantitative estimate of drug-likeness (QED) is 0.452. The van der Waals surface area contributed by atoms with E-state index in [4.69, 9.17) is 11.6 Å². The number of alkyl halides is 1. The first-order chi connectivity index (χ1) is 4.66. The predicted molar refractivity (Wildman–Crippen MR) is 42.5 cm³/mol. The van der Waals surface area contributed by atoms with Crippen LogP contribution in [0, 0.1) is 0 Å². The van der Waals surface area contributed by atoms with Gasteiger partial charge in [-0.05, 0) is 6.26 Å². The largest absolute Gasteiger partial charge is 0.348 e. The molecule has 1 amide bonds. The second-order valence-electron chi connectivity index (χ2n) is 1.77. The molecule has 10 heavy (non-hydrogen) atoms. The van der Waals surface area contributed by atoms with Crippen molar-refractivity contribution in [3.8, 4) is 0 Å². The van der Waals surface area contributed by atoms with E-state index >= 15 is 0 Å². The van der Waals surface area contributed by atoms with E-state index in [9.17, 15) is 4.79 Å². The van der Waals surface area contributed by atoms with Gasteiger partial charge in [0, 0.05) is 12.3 Å². The molecule has 2 N–H and O–H groups in total. The van der Waals surface area contributed by atoms with Gasteiger partial charge in [-0.3, -0.25) is 4.79 Å². The third-order valence-electron chi connectivity index (χ3n) is 1.07. The number of thioether (sulfide) groups is 1. The predicted octanol–water partition coefficient (Wildman–Crippen LogP) is 0.433. The highest BCUT2D eigenvalue weighted by Crippen LogP contribution is 2.22. The Kier molecular flexibility index (Phi) is 2.11. The molecule has 0 saturated carbocycles. The molecule has 0 fully saturated rings. The van der Waals surface area contributed by atoms with E-state index in [0.717, 1.165) is 0 Å². The van der Waals surface area contributed by atoms with Crippen LogP contribution in [-0.4, -0.2) is 16.6 Å². The van der Waals surface area contributed by atoms with Crippen LogP contribution in [0.25, 0.3) is 0 Å². The molecule has 0 bridgehead atoms. The zero-order valence-corrected chi connectivity index (χ0v) is 6.92. The normalized spacial score (nSPS) is 31.2. The molecule has 0 aromatic rings. The minimum absolute atomic E-state index is 0.178. The summed E-state index contributed by atoms with van der Waals surface area (Å²) in [5, 5.41) is 5.33. The third kappa shape index (κ3) is 1.58. The summed E-state index contributed by atoms with van der Waals surface area (Å²) in [6, 6.07) is 0. The summed E-state index contributed by atoms with van der Waals surface area (Å²) in [5.74, 6) is -0.178. The molecule has 0 saturated heterocycles. The van der Waals surface area contributed by atoms with Gasteiger partial charge in [-0.15, -0.1) is 0 Å². The fourth-order valence-electron chi connectivity index (χ4n) is 0.571. The fourth-order valence-corrected chi connectivity index (χ4v) is 1.12. The Morgan fingerprint density at radius 2 is 2.50 bits per heavy atom. The minimum Gasteiger partial charge on any atom is -0.348 e. The topological polar surface area (TPSA) is 41.1 Å². The number of carbonyl (C=O) groups excluding carboxylic acids is 1. The maximum Gasteiger partial charge on any atom is 0.248 e. The van der Waals surface area contributed by atoms with Gasteiger partial charge >= 0.3 is 0 Å². The Morgan fingerprint density at radius 1 is 1.80 bits per heavy atom. The summed E-state index contributed by atoms with van der Waals surface area (Å²) < 4.78 is -0.855. The lowest BCUT2D eigenvalue weighted by atomic mass is 10.5. The van der Waals surface area contributed by atoms with Gasteiger partial charge in [0.2, 0.25) is 10.4 Å². The Labute approximate surface area is 68.2 Å². The number of nitrogens with one attached hydrogen (secondary N) is 2. The highest BCUT2D eigenvalue weighted by atomic mass is 35.5. The number of hydrogen-bond donors (Lipinski definition) is 2. The van der Waals surface area contributed by atoms with Crippen molar-refractivity contribution in [1.82, 2.24) is 10.6 Å². The van der Waals surface area contributed by atoms with Crippen molar-refractivity contribution < 1.29 is 4.79 Å². The number of amides is 1. The van der Waals surface area contributed by atoms with Crippen LogP contribution in [0.3, 0.4) is 0 Å². The SMILES string of the molecule is CSC1(Cl)NC=CC(=O)N1. The van der Waals surface area contributed by atoms with Crippen LogP contribution in [-0.2, 0) is 4.79 Å². The summed E-state index contributed by atoms with van der Waals surface area (Å²) in [6.07, 6.45) is 4.72. The maximum atomic E-state index is 10.7. The smallest absolute Gasteiger partial charge is 0.248 e. The van der Waals surface area contributed by atoms with Gasteiger partial charge in [0.15, 0.2) is 0 Å². The molecule has 1 rings (SSSR count). The standard InChI is InChI=1S/C5H7ClN2OS/c1-10-5(6)7-3-2-4(9)8-5/h2-3,7H,1H3,(H,8,9). The van der Waals surface area contributed by atoms with E-state index < -0.39 is 4.45 Å². The molecule has 0 aromatic heterocycles. The van der Waals surface area contributed by atoms with E-state index in [-0.39, 0.29) is 5.91 Å². The van der Waals surface area contributed by atoms with Crippen molar-refractivity contribution in [2.75, 3.05) is 6.26 Å². The Bertz CT molecular complexity index is 184. The fraction of sp³-hybridized carbons (Fsp3) is 0.400. The van der Waals surface area contributed by atoms with E-state index in [1.54, 1.807) is 6.26 Å². The minimum atomic E-state index is -0.855. The van der Waals surface area contributed by atoms with Gasteiger partial charge in [0.05, 0.1) is 0 Å². The maximum absolute atomic E-state index is 10.7. The van der Waals surface area contributed by atoms with Gasteiger partial charge in [-0.1, -0.05) is 23.4 Å². The average molecular weight is 179 g/mol. The average Bonchev–Trinajstić information content (AvgIpc) is 1.88. The first-order valence-corrected chi connectivity index (χ1v) is 4.27. The summed E-state index contributed by atoms with van der Waals surface area (Å²) in [5.41, 5.74) is 0. The van der Waals surface area contributed by atoms with Crippen LogP contribution < -0.4 is 10.6 Å². The molecule has 1 aliphatic rings. The van der Waals surface area contributed by atoms with E-state index in [0.29, 0.717) is 0 Å². The molecule has 1 heterocycles. The molecule has 56 valence electrons. The van der Waals surface area contributed by atoms with Crippen molar-refractivity contribution in [2.24, 2.45) is 0 Å². The molecule has 0 aliphatic carbocycles. The Hall–Kier alpha value is -0.350. The first-order valence-electron chi connectivity index (χ1n) is 2.67. The summed E-state index contributed by atoms with van der Waals surface area (Å²) in [4.78, 5) is 10.7. The third-order valence-corrected chi connectivity index (χ3v) is 2.52. The first kappa shape index (κ1) is 7.75. The molecule has 0 aromatic carbocycles. The van der Waals surface area contributed by atoms with Crippen molar-refractivity contribution >= 4 is 29.3 Å². The van der Waals surface area contributed by atoms with E-state index in [2.05, 4.69) is 10.6 Å². The second kappa shape index (κ2) is 2.72. The molecule has 5 heteroatoms. The van der Waals surface area contributed by atoms with Crippen LogP contribution in [0.1, 0.15) is 0 Å². The Morgan fingerprint density at radius 3 is 2.90 bits per heavy atom. The lowest BCUT2D eigenvalue weighted by Gasteiger charge is -2.28. The number of halogens is 1. The van der Waals surface area contributed by atoms with E-state index in [1.807, 2.05) is 0 Å². The van der Waals surface area contributed by atoms with Gasteiger partial charge in [0.25, 0.3) is 0 Å². The summed E-state index contributed by atoms with van der Waals surface area (Å²) in [6.45, 7) is 0. The van der Waals surface area contributed by atoms with Crippen molar-refractivity contribution in [1.29, 1.82) is 0 Å². The lowest BCUT2D eigenvalue weighted by Crippen LogP contribution is -2.52. The lowest BCUT2D eigenvalue weighted by molar-refractivity contribution is -0.117. The van der Waals surface area contributed by atoms with Crippen molar-refractivity contribution in [2.45, 2.75) is 4.45 Å². The van der Waals surface area contributed by atoms with Crippen LogP contribution >= 0.6 is 23.4 Å². The second-order valence-corrected chi connectivity index (χ2v) is 3.58. The van der Waals surface area contributed by atoms with Gasteiger partial charge in [0.1, 0.15) is 0 Å². The van der Waals surface area contributed by atoms with Crippen molar-refractivity contribution in [3.05, 3.63) is 12.3 Å². The van der Waals surface area contributed by atoms with Gasteiger partial charge < -0.3 is 10.6 Å². The van der Waals surface area contributed by atoms with Crippen LogP contribution in [0.2, 0.25) is 0 Å². The van der Waals surface area contributed by atoms with Gasteiger partial charge in [-0.2, -0.15) is 0 Å². The molecule has 0 radical (unpaired) electrons. The molecule has 0 spiro atoms. The highest BCUT2D eigenvalue weighted by Gasteiger charge is 2.27. The highest BCUT2D eigenvalue weighted by molar-refractivity contribution is 8.01. The van der Waals surface area contributed by atoms with E-state index in [1.165, 1.54) is 24.0 Å². The molecule has 1 aliphatic heterocycles. The molecule has 1 atom stereocenters. The zero-order chi connectivity index (χ0) is 7.61. The van der Waals surface area contributed by atoms with Crippen molar-refractivity contribution in [3.63, 3.8) is 0 Å². The number of hydrogen-bond acceptors (Lipinski definition) is 3. The monoisotopic (exact) mass is 178 g/mol. The summed E-state index contributed by atoms with van der Waals surface area (Å²) in [7, 11) is 0. The van der Waals surface area contributed by atoms with Crippen LogP contribution in [0.4, 0.5) is 0 Å². The van der Waals surface area contributed by atoms with Crippen LogP contribution in [0.5, 0.6) is 0 Å².